The molecule has 1 spiro atoms. The minimum atomic E-state index is 0.000782. The topological polar surface area (TPSA) is 58.6 Å². The molecular formula is C20H25ClN2O3. The first-order valence-electron chi connectivity index (χ1n) is 9.11. The van der Waals surface area contributed by atoms with E-state index in [2.05, 4.69) is 11.9 Å². The van der Waals surface area contributed by atoms with Crippen molar-refractivity contribution < 1.29 is 14.3 Å². The van der Waals surface area contributed by atoms with E-state index in [4.69, 9.17) is 16.3 Å². The molecule has 1 saturated carbocycles. The molecule has 2 fully saturated rings. The summed E-state index contributed by atoms with van der Waals surface area (Å²) in [5.41, 5.74) is 0.909. The Balaban J connectivity index is 1.50. The minimum Gasteiger partial charge on any atom is -0.492 e. The third kappa shape index (κ3) is 3.88. The van der Waals surface area contributed by atoms with Gasteiger partial charge in [0.25, 0.3) is 0 Å². The van der Waals surface area contributed by atoms with Crippen LogP contribution in [0.25, 0.3) is 0 Å². The molecule has 1 saturated heterocycles. The third-order valence-corrected chi connectivity index (χ3v) is 5.83. The maximum absolute atomic E-state index is 12.5. The molecule has 5 nitrogen and oxygen atoms in total. The van der Waals surface area contributed by atoms with Crippen molar-refractivity contribution in [3.63, 3.8) is 0 Å². The summed E-state index contributed by atoms with van der Waals surface area (Å²) in [5.74, 6) is 0.693. The van der Waals surface area contributed by atoms with Crippen molar-refractivity contribution in [2.24, 2.45) is 11.3 Å². The second-order valence-corrected chi connectivity index (χ2v) is 7.61. The summed E-state index contributed by atoms with van der Waals surface area (Å²) in [5, 5.41) is 3.45. The van der Waals surface area contributed by atoms with E-state index in [0.717, 1.165) is 38.8 Å². The lowest BCUT2D eigenvalue weighted by molar-refractivity contribution is -0.135. The van der Waals surface area contributed by atoms with Crippen LogP contribution in [0.4, 0.5) is 5.69 Å². The summed E-state index contributed by atoms with van der Waals surface area (Å²) in [7, 11) is 0. The molecular weight excluding hydrogens is 352 g/mol. The Morgan fingerprint density at radius 3 is 2.65 bits per heavy atom. The molecule has 140 valence electrons. The number of nitrogens with one attached hydrogen (secondary N) is 1. The Morgan fingerprint density at radius 1 is 1.38 bits per heavy atom. The lowest BCUT2D eigenvalue weighted by Gasteiger charge is -2.51. The fourth-order valence-corrected chi connectivity index (χ4v) is 4.24. The molecule has 6 heteroatoms. The molecule has 0 unspecified atom stereocenters. The van der Waals surface area contributed by atoms with Crippen LogP contribution in [0.1, 0.15) is 32.6 Å². The molecule has 1 aliphatic heterocycles. The van der Waals surface area contributed by atoms with E-state index >= 15 is 0 Å². The van der Waals surface area contributed by atoms with Gasteiger partial charge in [-0.2, -0.15) is 0 Å². The number of hydrogen-bond donors (Lipinski definition) is 1. The smallest absolute Gasteiger partial charge is 0.245 e. The number of carbonyl (C=O) groups excluding carboxylic acids is 2. The number of hydrogen-bond acceptors (Lipinski definition) is 3. The van der Waals surface area contributed by atoms with Crippen LogP contribution in [-0.4, -0.2) is 36.4 Å². The zero-order chi connectivity index (χ0) is 18.7. The molecule has 1 aliphatic carbocycles. The Labute approximate surface area is 159 Å². The van der Waals surface area contributed by atoms with E-state index in [-0.39, 0.29) is 23.1 Å². The first kappa shape index (κ1) is 18.8. The van der Waals surface area contributed by atoms with Crippen LogP contribution in [0.3, 0.4) is 0 Å². The second kappa shape index (κ2) is 7.70. The van der Waals surface area contributed by atoms with E-state index in [1.54, 1.807) is 12.1 Å². The summed E-state index contributed by atoms with van der Waals surface area (Å²) in [6.45, 7) is 7.50. The maximum atomic E-state index is 12.5. The number of carbonyl (C=O) groups is 2. The molecule has 2 amide bonds. The highest BCUT2D eigenvalue weighted by molar-refractivity contribution is 6.32. The fourth-order valence-electron chi connectivity index (χ4n) is 4.01. The van der Waals surface area contributed by atoms with Gasteiger partial charge in [0.2, 0.25) is 11.8 Å². The van der Waals surface area contributed by atoms with Crippen molar-refractivity contribution in [2.75, 3.05) is 25.0 Å². The number of piperidine rings is 1. The number of benzene rings is 1. The molecule has 3 rings (SSSR count). The minimum absolute atomic E-state index is 0.000782. The number of ether oxygens (including phenoxy) is 1. The Morgan fingerprint density at radius 2 is 2.08 bits per heavy atom. The molecule has 1 N–H and O–H groups in total. The Hall–Kier alpha value is -2.01. The van der Waals surface area contributed by atoms with Crippen molar-refractivity contribution in [3.8, 4) is 5.75 Å². The van der Waals surface area contributed by atoms with Gasteiger partial charge in [-0.3, -0.25) is 9.59 Å². The van der Waals surface area contributed by atoms with Gasteiger partial charge in [-0.1, -0.05) is 18.2 Å². The number of anilines is 1. The summed E-state index contributed by atoms with van der Waals surface area (Å²) in [6, 6.07) is 5.30. The van der Waals surface area contributed by atoms with Gasteiger partial charge in [-0.05, 0) is 62.3 Å². The van der Waals surface area contributed by atoms with Gasteiger partial charge >= 0.3 is 0 Å². The van der Waals surface area contributed by atoms with E-state index in [1.807, 2.05) is 17.9 Å². The van der Waals surface area contributed by atoms with Gasteiger partial charge < -0.3 is 15.0 Å². The molecule has 1 aromatic carbocycles. The maximum Gasteiger partial charge on any atom is 0.245 e. The van der Waals surface area contributed by atoms with Gasteiger partial charge in [-0.15, -0.1) is 0 Å². The van der Waals surface area contributed by atoms with Gasteiger partial charge in [0.15, 0.2) is 0 Å². The van der Waals surface area contributed by atoms with Gasteiger partial charge in [0.1, 0.15) is 5.75 Å². The number of amides is 2. The second-order valence-electron chi connectivity index (χ2n) is 7.20. The Kier molecular flexibility index (Phi) is 5.56. The van der Waals surface area contributed by atoms with Crippen molar-refractivity contribution in [3.05, 3.63) is 35.9 Å². The molecule has 0 bridgehead atoms. The number of halogens is 1. The fraction of sp³-hybridized carbons (Fsp3) is 0.500. The molecule has 2 aliphatic rings. The van der Waals surface area contributed by atoms with Crippen LogP contribution in [0.5, 0.6) is 5.75 Å². The number of rotatable bonds is 5. The summed E-state index contributed by atoms with van der Waals surface area (Å²) in [4.78, 5) is 26.0. The van der Waals surface area contributed by atoms with Crippen LogP contribution in [0.2, 0.25) is 5.02 Å². The lowest BCUT2D eigenvalue weighted by Crippen LogP contribution is -2.50. The zero-order valence-corrected chi connectivity index (χ0v) is 15.8. The quantitative estimate of drug-likeness (QED) is 0.793. The molecule has 26 heavy (non-hydrogen) atoms. The molecule has 0 atom stereocenters. The van der Waals surface area contributed by atoms with Crippen molar-refractivity contribution in [1.82, 2.24) is 4.90 Å². The van der Waals surface area contributed by atoms with E-state index < -0.39 is 0 Å². The van der Waals surface area contributed by atoms with Crippen LogP contribution < -0.4 is 10.1 Å². The first-order chi connectivity index (χ1) is 12.5. The summed E-state index contributed by atoms with van der Waals surface area (Å²) >= 11 is 6.17. The average Bonchev–Trinajstić information content (AvgIpc) is 2.61. The van der Waals surface area contributed by atoms with Crippen LogP contribution in [-0.2, 0) is 9.59 Å². The van der Waals surface area contributed by atoms with Crippen LogP contribution in [0.15, 0.2) is 30.9 Å². The van der Waals surface area contributed by atoms with Crippen LogP contribution in [0, 0.1) is 11.3 Å². The SMILES string of the molecule is C=CC(=O)N1CCC2(CC1)CC(C(=O)Nc1ccc(OCC)c(Cl)c1)C2. The highest BCUT2D eigenvalue weighted by atomic mass is 35.5. The van der Waals surface area contributed by atoms with Crippen LogP contribution >= 0.6 is 11.6 Å². The summed E-state index contributed by atoms with van der Waals surface area (Å²) < 4.78 is 5.41. The highest BCUT2D eigenvalue weighted by Crippen LogP contribution is 2.52. The van der Waals surface area contributed by atoms with Gasteiger partial charge in [-0.25, -0.2) is 0 Å². The average molecular weight is 377 g/mol. The molecule has 1 aromatic rings. The van der Waals surface area contributed by atoms with Crippen molar-refractivity contribution in [2.45, 2.75) is 32.6 Å². The summed E-state index contributed by atoms with van der Waals surface area (Å²) in [6.07, 6.45) is 5.08. The van der Waals surface area contributed by atoms with Crippen molar-refractivity contribution in [1.29, 1.82) is 0 Å². The van der Waals surface area contributed by atoms with Gasteiger partial charge in [0.05, 0.1) is 11.6 Å². The van der Waals surface area contributed by atoms with Gasteiger partial charge in [0, 0.05) is 24.7 Å². The van der Waals surface area contributed by atoms with E-state index in [9.17, 15) is 9.59 Å². The zero-order valence-electron chi connectivity index (χ0n) is 15.1. The normalized spacial score (nSPS) is 18.9. The first-order valence-corrected chi connectivity index (χ1v) is 9.49. The van der Waals surface area contributed by atoms with E-state index in [0.29, 0.717) is 23.1 Å². The standard InChI is InChI=1S/C20H25ClN2O3/c1-3-18(24)23-9-7-20(8-10-23)12-14(13-20)19(25)22-15-5-6-17(26-4-2)16(21)11-15/h3,5-6,11,14H,1,4,7-10,12-13H2,2H3,(H,22,25). The number of nitrogens with zero attached hydrogens (tertiary/aromatic N) is 1. The number of likely N-dealkylation sites (tertiary alicyclic amines) is 1. The van der Waals surface area contributed by atoms with Crippen molar-refractivity contribution >= 4 is 29.1 Å². The molecule has 0 radical (unpaired) electrons. The predicted octanol–water partition coefficient (Wildman–Crippen LogP) is 3.88. The highest BCUT2D eigenvalue weighted by Gasteiger charge is 2.48. The third-order valence-electron chi connectivity index (χ3n) is 5.54. The molecule has 0 aromatic heterocycles. The van der Waals surface area contributed by atoms with E-state index in [1.165, 1.54) is 6.08 Å². The lowest BCUT2D eigenvalue weighted by atomic mass is 9.57. The largest absolute Gasteiger partial charge is 0.492 e. The molecule has 1 heterocycles. The monoisotopic (exact) mass is 376 g/mol. The Bertz CT molecular complexity index is 703. The predicted molar refractivity (Wildman–Crippen MR) is 102 cm³/mol.